The maximum absolute atomic E-state index is 12.8. The molecule has 3 rings (SSSR count). The van der Waals surface area contributed by atoms with E-state index in [1.807, 2.05) is 17.5 Å². The minimum atomic E-state index is -0.364. The van der Waals surface area contributed by atoms with Crippen LogP contribution in [0.1, 0.15) is 10.4 Å². The number of thiophene rings is 1. The molecule has 0 unspecified atom stereocenters. The molecule has 1 aromatic carbocycles. The van der Waals surface area contributed by atoms with Gasteiger partial charge in [-0.2, -0.15) is 0 Å². The first-order valence-electron chi connectivity index (χ1n) is 6.01. The number of halogens is 1. The first-order valence-corrected chi connectivity index (χ1v) is 7.88. The Morgan fingerprint density at radius 2 is 2.05 bits per heavy atom. The van der Waals surface area contributed by atoms with E-state index >= 15 is 0 Å². The number of nitrogens with zero attached hydrogens (tertiary/aromatic N) is 2. The molecule has 4 nitrogen and oxygen atoms in total. The summed E-state index contributed by atoms with van der Waals surface area (Å²) in [5.41, 5.74) is 0.460. The largest absolute Gasteiger partial charge is 0.410 e. The minimum Gasteiger partial charge on any atom is -0.410 e. The van der Waals surface area contributed by atoms with E-state index in [9.17, 15) is 9.18 Å². The summed E-state index contributed by atoms with van der Waals surface area (Å²) in [5, 5.41) is 10.1. The van der Waals surface area contributed by atoms with Crippen molar-refractivity contribution in [1.82, 2.24) is 10.2 Å². The number of thioether (sulfide) groups is 1. The summed E-state index contributed by atoms with van der Waals surface area (Å²) >= 11 is 2.67. The molecule has 0 aliphatic carbocycles. The van der Waals surface area contributed by atoms with Gasteiger partial charge in [-0.05, 0) is 35.7 Å². The van der Waals surface area contributed by atoms with E-state index in [0.717, 1.165) is 4.88 Å². The molecular formula is C14H9FN2O2S2. The maximum atomic E-state index is 12.8. The third-order valence-corrected chi connectivity index (χ3v) is 4.31. The summed E-state index contributed by atoms with van der Waals surface area (Å²) in [7, 11) is 0. The smallest absolute Gasteiger partial charge is 0.277 e. The maximum Gasteiger partial charge on any atom is 0.277 e. The number of carbonyl (C=O) groups is 1. The van der Waals surface area contributed by atoms with Crippen LogP contribution in [0.3, 0.4) is 0 Å². The van der Waals surface area contributed by atoms with E-state index < -0.39 is 0 Å². The van der Waals surface area contributed by atoms with Crippen molar-refractivity contribution in [2.75, 3.05) is 5.75 Å². The van der Waals surface area contributed by atoms with Crippen molar-refractivity contribution < 1.29 is 13.6 Å². The highest BCUT2D eigenvalue weighted by molar-refractivity contribution is 7.99. The SMILES string of the molecule is O=C(CSc1nnc(-c2cccs2)o1)c1ccc(F)cc1. The monoisotopic (exact) mass is 320 g/mol. The van der Waals surface area contributed by atoms with Crippen LogP contribution in [0.25, 0.3) is 10.8 Å². The molecule has 0 bridgehead atoms. The Labute approximate surface area is 128 Å². The van der Waals surface area contributed by atoms with Crippen LogP contribution in [0.2, 0.25) is 0 Å². The summed E-state index contributed by atoms with van der Waals surface area (Å²) in [6, 6.07) is 9.23. The Morgan fingerprint density at radius 3 is 2.76 bits per heavy atom. The standard InChI is InChI=1S/C14H9FN2O2S2/c15-10-5-3-9(4-6-10)11(18)8-21-14-17-16-13(19-14)12-2-1-7-20-12/h1-7H,8H2. The van der Waals surface area contributed by atoms with Crippen LogP contribution >= 0.6 is 23.1 Å². The van der Waals surface area contributed by atoms with Crippen molar-refractivity contribution in [3.05, 3.63) is 53.2 Å². The van der Waals surface area contributed by atoms with Gasteiger partial charge in [-0.15, -0.1) is 21.5 Å². The van der Waals surface area contributed by atoms with Crippen molar-refractivity contribution in [3.63, 3.8) is 0 Å². The fraction of sp³-hybridized carbons (Fsp3) is 0.0714. The Bertz CT molecular complexity index is 739. The Morgan fingerprint density at radius 1 is 1.24 bits per heavy atom. The lowest BCUT2D eigenvalue weighted by atomic mass is 10.1. The second-order valence-corrected chi connectivity index (χ2v) is 5.94. The number of carbonyl (C=O) groups excluding carboxylic acids is 1. The van der Waals surface area contributed by atoms with Gasteiger partial charge in [-0.25, -0.2) is 4.39 Å². The van der Waals surface area contributed by atoms with Crippen molar-refractivity contribution >= 4 is 28.9 Å². The highest BCUT2D eigenvalue weighted by atomic mass is 32.2. The lowest BCUT2D eigenvalue weighted by molar-refractivity contribution is 0.102. The summed E-state index contributed by atoms with van der Waals surface area (Å²) in [4.78, 5) is 12.8. The number of hydrogen-bond acceptors (Lipinski definition) is 6. The van der Waals surface area contributed by atoms with Gasteiger partial charge < -0.3 is 4.42 Å². The molecule has 0 aliphatic heterocycles. The first kappa shape index (κ1) is 14.0. The van der Waals surface area contributed by atoms with Gasteiger partial charge in [0, 0.05) is 5.56 Å². The second-order valence-electron chi connectivity index (χ2n) is 4.07. The number of ketones is 1. The highest BCUT2D eigenvalue weighted by Crippen LogP contribution is 2.26. The van der Waals surface area contributed by atoms with Crippen LogP contribution in [-0.4, -0.2) is 21.7 Å². The third kappa shape index (κ3) is 3.37. The molecule has 0 spiro atoms. The number of hydrogen-bond donors (Lipinski definition) is 0. The fourth-order valence-electron chi connectivity index (χ4n) is 1.61. The normalized spacial score (nSPS) is 10.7. The van der Waals surface area contributed by atoms with Crippen LogP contribution in [0.4, 0.5) is 4.39 Å². The molecule has 0 saturated heterocycles. The summed E-state index contributed by atoms with van der Waals surface area (Å²) in [6.45, 7) is 0. The average molecular weight is 320 g/mol. The Kier molecular flexibility index (Phi) is 4.12. The first-order chi connectivity index (χ1) is 10.2. The molecule has 0 saturated carbocycles. The molecular weight excluding hydrogens is 311 g/mol. The fourth-order valence-corrected chi connectivity index (χ4v) is 2.92. The topological polar surface area (TPSA) is 56.0 Å². The summed E-state index contributed by atoms with van der Waals surface area (Å²) < 4.78 is 18.3. The van der Waals surface area contributed by atoms with Gasteiger partial charge >= 0.3 is 0 Å². The van der Waals surface area contributed by atoms with Gasteiger partial charge in [0.25, 0.3) is 11.1 Å². The molecule has 0 N–H and O–H groups in total. The van der Waals surface area contributed by atoms with Crippen molar-refractivity contribution in [3.8, 4) is 10.8 Å². The van der Waals surface area contributed by atoms with Gasteiger partial charge in [-0.1, -0.05) is 17.8 Å². The molecule has 106 valence electrons. The molecule has 2 aromatic heterocycles. The van der Waals surface area contributed by atoms with Crippen LogP contribution in [0.5, 0.6) is 0 Å². The van der Waals surface area contributed by atoms with Crippen LogP contribution in [0, 0.1) is 5.82 Å². The molecule has 2 heterocycles. The molecule has 3 aromatic rings. The molecule has 0 radical (unpaired) electrons. The van der Waals surface area contributed by atoms with Crippen molar-refractivity contribution in [1.29, 1.82) is 0 Å². The van der Waals surface area contributed by atoms with E-state index in [1.165, 1.54) is 47.4 Å². The Balaban J connectivity index is 1.62. The molecule has 0 fully saturated rings. The lowest BCUT2D eigenvalue weighted by Crippen LogP contribution is -2.02. The van der Waals surface area contributed by atoms with Gasteiger partial charge in [0.05, 0.1) is 10.6 Å². The van der Waals surface area contributed by atoms with Gasteiger partial charge in [-0.3, -0.25) is 4.79 Å². The number of rotatable bonds is 5. The second kappa shape index (κ2) is 6.19. The van der Waals surface area contributed by atoms with Crippen molar-refractivity contribution in [2.45, 2.75) is 5.22 Å². The van der Waals surface area contributed by atoms with Gasteiger partial charge in [0.1, 0.15) is 5.82 Å². The molecule has 21 heavy (non-hydrogen) atoms. The predicted octanol–water partition coefficient (Wildman–Crippen LogP) is 3.91. The summed E-state index contributed by atoms with van der Waals surface area (Å²) in [6.07, 6.45) is 0. The van der Waals surface area contributed by atoms with Crippen molar-refractivity contribution in [2.24, 2.45) is 0 Å². The minimum absolute atomic E-state index is 0.115. The van der Waals surface area contributed by atoms with Crippen LogP contribution in [0.15, 0.2) is 51.4 Å². The number of aromatic nitrogens is 2. The molecule has 0 aliphatic rings. The molecule has 0 amide bonds. The number of Topliss-reactive ketones (excluding diaryl/α,β-unsaturated/α-hetero) is 1. The van der Waals surface area contributed by atoms with E-state index in [1.54, 1.807) is 0 Å². The zero-order valence-electron chi connectivity index (χ0n) is 10.7. The van der Waals surface area contributed by atoms with Gasteiger partial charge in [0.15, 0.2) is 5.78 Å². The highest BCUT2D eigenvalue weighted by Gasteiger charge is 2.12. The zero-order valence-corrected chi connectivity index (χ0v) is 12.3. The average Bonchev–Trinajstić information content (AvgIpc) is 3.16. The van der Waals surface area contributed by atoms with E-state index in [-0.39, 0.29) is 17.4 Å². The molecule has 7 heteroatoms. The van der Waals surface area contributed by atoms with E-state index in [2.05, 4.69) is 10.2 Å². The van der Waals surface area contributed by atoms with Crippen LogP contribution in [-0.2, 0) is 0 Å². The predicted molar refractivity (Wildman–Crippen MR) is 79.1 cm³/mol. The zero-order chi connectivity index (χ0) is 14.7. The molecule has 0 atom stereocenters. The summed E-state index contributed by atoms with van der Waals surface area (Å²) in [5.74, 6) is 0.131. The Hall–Kier alpha value is -1.99. The third-order valence-electron chi connectivity index (χ3n) is 2.63. The van der Waals surface area contributed by atoms with E-state index in [4.69, 9.17) is 4.42 Å². The number of benzene rings is 1. The van der Waals surface area contributed by atoms with Gasteiger partial charge in [0.2, 0.25) is 0 Å². The quantitative estimate of drug-likeness (QED) is 0.527. The lowest BCUT2D eigenvalue weighted by Gasteiger charge is -1.98. The van der Waals surface area contributed by atoms with E-state index in [0.29, 0.717) is 16.7 Å². The van der Waals surface area contributed by atoms with Crippen LogP contribution < -0.4 is 0 Å².